The SMILES string of the molecule is CCCCNC(=O)c1ccc(OCc2cn3cccc(C)c3n2)cc1. The Morgan fingerprint density at radius 2 is 2.04 bits per heavy atom. The van der Waals surface area contributed by atoms with Gasteiger partial charge in [0.1, 0.15) is 18.0 Å². The fourth-order valence-corrected chi connectivity index (χ4v) is 2.61. The molecule has 2 aromatic heterocycles. The predicted molar refractivity (Wildman–Crippen MR) is 97.9 cm³/mol. The van der Waals surface area contributed by atoms with Crippen molar-refractivity contribution in [1.29, 1.82) is 0 Å². The third kappa shape index (κ3) is 4.18. The van der Waals surface area contributed by atoms with Gasteiger partial charge in [-0.25, -0.2) is 4.98 Å². The van der Waals surface area contributed by atoms with Crippen molar-refractivity contribution in [3.63, 3.8) is 0 Å². The number of unbranched alkanes of at least 4 members (excludes halogenated alkanes) is 1. The van der Waals surface area contributed by atoms with Gasteiger partial charge < -0.3 is 14.5 Å². The number of pyridine rings is 1. The molecule has 0 saturated carbocycles. The maximum atomic E-state index is 12.0. The molecule has 0 radical (unpaired) electrons. The van der Waals surface area contributed by atoms with E-state index in [2.05, 4.69) is 17.2 Å². The lowest BCUT2D eigenvalue weighted by Gasteiger charge is -2.07. The van der Waals surface area contributed by atoms with Gasteiger partial charge in [0.15, 0.2) is 0 Å². The molecule has 0 unspecified atom stereocenters. The van der Waals surface area contributed by atoms with Gasteiger partial charge >= 0.3 is 0 Å². The topological polar surface area (TPSA) is 55.6 Å². The molecule has 3 rings (SSSR count). The van der Waals surface area contributed by atoms with Crippen LogP contribution in [-0.2, 0) is 6.61 Å². The molecule has 130 valence electrons. The number of fused-ring (bicyclic) bond motifs is 1. The maximum Gasteiger partial charge on any atom is 0.251 e. The monoisotopic (exact) mass is 337 g/mol. The zero-order valence-corrected chi connectivity index (χ0v) is 14.7. The molecule has 0 aliphatic carbocycles. The van der Waals surface area contributed by atoms with Gasteiger partial charge in [-0.05, 0) is 49.2 Å². The average Bonchev–Trinajstić information content (AvgIpc) is 3.05. The molecule has 5 heteroatoms. The van der Waals surface area contributed by atoms with Crippen LogP contribution in [0.4, 0.5) is 0 Å². The van der Waals surface area contributed by atoms with E-state index in [1.807, 2.05) is 48.0 Å². The number of benzene rings is 1. The number of amides is 1. The highest BCUT2D eigenvalue weighted by atomic mass is 16.5. The van der Waals surface area contributed by atoms with E-state index in [0.717, 1.165) is 35.5 Å². The molecule has 0 bridgehead atoms. The third-order valence-electron chi connectivity index (χ3n) is 4.05. The van der Waals surface area contributed by atoms with Crippen molar-refractivity contribution in [2.24, 2.45) is 0 Å². The second-order valence-corrected chi connectivity index (χ2v) is 6.08. The highest BCUT2D eigenvalue weighted by molar-refractivity contribution is 5.94. The van der Waals surface area contributed by atoms with Crippen molar-refractivity contribution in [2.75, 3.05) is 6.54 Å². The van der Waals surface area contributed by atoms with Crippen LogP contribution in [0.5, 0.6) is 5.75 Å². The van der Waals surface area contributed by atoms with E-state index in [1.165, 1.54) is 0 Å². The predicted octanol–water partition coefficient (Wildman–Crippen LogP) is 3.75. The first-order chi connectivity index (χ1) is 12.2. The van der Waals surface area contributed by atoms with Gasteiger partial charge in [0.25, 0.3) is 5.91 Å². The number of hydrogen-bond donors (Lipinski definition) is 1. The Morgan fingerprint density at radius 1 is 1.24 bits per heavy atom. The first-order valence-corrected chi connectivity index (χ1v) is 8.61. The highest BCUT2D eigenvalue weighted by Crippen LogP contribution is 2.15. The van der Waals surface area contributed by atoms with Crippen molar-refractivity contribution in [2.45, 2.75) is 33.3 Å². The van der Waals surface area contributed by atoms with Gasteiger partial charge in [-0.1, -0.05) is 19.4 Å². The van der Waals surface area contributed by atoms with Gasteiger partial charge in [0, 0.05) is 24.5 Å². The van der Waals surface area contributed by atoms with Crippen LogP contribution in [0.25, 0.3) is 5.65 Å². The zero-order valence-electron chi connectivity index (χ0n) is 14.7. The summed E-state index contributed by atoms with van der Waals surface area (Å²) in [6.45, 7) is 5.24. The summed E-state index contributed by atoms with van der Waals surface area (Å²) in [5.74, 6) is 0.676. The number of carbonyl (C=O) groups excluding carboxylic acids is 1. The minimum atomic E-state index is -0.0455. The van der Waals surface area contributed by atoms with Crippen LogP contribution >= 0.6 is 0 Å². The number of nitrogens with zero attached hydrogens (tertiary/aromatic N) is 2. The lowest BCUT2D eigenvalue weighted by atomic mass is 10.2. The normalized spacial score (nSPS) is 10.8. The smallest absolute Gasteiger partial charge is 0.251 e. The number of aromatic nitrogens is 2. The number of nitrogens with one attached hydrogen (secondary N) is 1. The molecule has 0 saturated heterocycles. The van der Waals surface area contributed by atoms with E-state index < -0.39 is 0 Å². The lowest BCUT2D eigenvalue weighted by molar-refractivity contribution is 0.0953. The molecular formula is C20H23N3O2. The molecule has 0 atom stereocenters. The van der Waals surface area contributed by atoms with Crippen LogP contribution in [0.1, 0.15) is 41.4 Å². The standard InChI is InChI=1S/C20H23N3O2/c1-3-4-11-21-20(24)16-7-9-18(10-8-16)25-14-17-13-23-12-5-6-15(2)19(23)22-17/h5-10,12-13H,3-4,11,14H2,1-2H3,(H,21,24). The Balaban J connectivity index is 1.59. The minimum Gasteiger partial charge on any atom is -0.487 e. The van der Waals surface area contributed by atoms with Crippen LogP contribution < -0.4 is 10.1 Å². The molecule has 1 aromatic carbocycles. The summed E-state index contributed by atoms with van der Waals surface area (Å²) < 4.78 is 7.78. The summed E-state index contributed by atoms with van der Waals surface area (Å²) in [5, 5.41) is 2.90. The van der Waals surface area contributed by atoms with Gasteiger partial charge in [0.2, 0.25) is 0 Å². The Kier molecular flexibility index (Phi) is 5.33. The minimum absolute atomic E-state index is 0.0455. The van der Waals surface area contributed by atoms with E-state index in [1.54, 1.807) is 12.1 Å². The zero-order chi connectivity index (χ0) is 17.6. The Morgan fingerprint density at radius 3 is 2.76 bits per heavy atom. The molecule has 0 fully saturated rings. The quantitative estimate of drug-likeness (QED) is 0.668. The number of ether oxygens (including phenoxy) is 1. The summed E-state index contributed by atoms with van der Waals surface area (Å²) in [5.41, 5.74) is 3.59. The molecule has 25 heavy (non-hydrogen) atoms. The number of hydrogen-bond acceptors (Lipinski definition) is 3. The first-order valence-electron chi connectivity index (χ1n) is 8.61. The van der Waals surface area contributed by atoms with Gasteiger partial charge in [0.05, 0.1) is 5.69 Å². The molecular weight excluding hydrogens is 314 g/mol. The lowest BCUT2D eigenvalue weighted by Crippen LogP contribution is -2.24. The molecule has 2 heterocycles. The van der Waals surface area contributed by atoms with E-state index >= 15 is 0 Å². The van der Waals surface area contributed by atoms with E-state index in [4.69, 9.17) is 4.74 Å². The largest absolute Gasteiger partial charge is 0.487 e. The first kappa shape index (κ1) is 17.0. The fourth-order valence-electron chi connectivity index (χ4n) is 2.61. The molecule has 1 amide bonds. The maximum absolute atomic E-state index is 12.0. The Hall–Kier alpha value is -2.82. The van der Waals surface area contributed by atoms with Crippen LogP contribution in [0.15, 0.2) is 48.8 Å². The summed E-state index contributed by atoms with van der Waals surface area (Å²) in [6.07, 6.45) is 6.00. The average molecular weight is 337 g/mol. The molecule has 3 aromatic rings. The molecule has 0 aliphatic heterocycles. The van der Waals surface area contributed by atoms with Crippen molar-refractivity contribution < 1.29 is 9.53 Å². The summed E-state index contributed by atoms with van der Waals surface area (Å²) in [7, 11) is 0. The van der Waals surface area contributed by atoms with Crippen LogP contribution in [0.2, 0.25) is 0 Å². The molecule has 5 nitrogen and oxygen atoms in total. The highest BCUT2D eigenvalue weighted by Gasteiger charge is 2.07. The van der Waals surface area contributed by atoms with Crippen LogP contribution in [-0.4, -0.2) is 21.8 Å². The van der Waals surface area contributed by atoms with Crippen molar-refractivity contribution in [1.82, 2.24) is 14.7 Å². The van der Waals surface area contributed by atoms with Gasteiger partial charge in [-0.3, -0.25) is 4.79 Å². The number of carbonyl (C=O) groups is 1. The second-order valence-electron chi connectivity index (χ2n) is 6.08. The van der Waals surface area contributed by atoms with Gasteiger partial charge in [-0.2, -0.15) is 0 Å². The van der Waals surface area contributed by atoms with E-state index in [9.17, 15) is 4.79 Å². The Labute approximate surface area is 147 Å². The summed E-state index contributed by atoms with van der Waals surface area (Å²) >= 11 is 0. The molecule has 0 spiro atoms. The van der Waals surface area contributed by atoms with E-state index in [-0.39, 0.29) is 5.91 Å². The number of rotatable bonds is 7. The molecule has 1 N–H and O–H groups in total. The number of aryl methyl sites for hydroxylation is 1. The Bertz CT molecular complexity index is 853. The van der Waals surface area contributed by atoms with Crippen LogP contribution in [0, 0.1) is 6.92 Å². The fraction of sp³-hybridized carbons (Fsp3) is 0.300. The van der Waals surface area contributed by atoms with Gasteiger partial charge in [-0.15, -0.1) is 0 Å². The number of imidazole rings is 1. The summed E-state index contributed by atoms with van der Waals surface area (Å²) in [6, 6.07) is 11.2. The second kappa shape index (κ2) is 7.83. The third-order valence-corrected chi connectivity index (χ3v) is 4.05. The molecule has 0 aliphatic rings. The van der Waals surface area contributed by atoms with E-state index in [0.29, 0.717) is 18.7 Å². The van der Waals surface area contributed by atoms with Crippen molar-refractivity contribution in [3.8, 4) is 5.75 Å². The summed E-state index contributed by atoms with van der Waals surface area (Å²) in [4.78, 5) is 16.6. The van der Waals surface area contributed by atoms with Crippen molar-refractivity contribution in [3.05, 3.63) is 65.6 Å². The van der Waals surface area contributed by atoms with Crippen LogP contribution in [0.3, 0.4) is 0 Å². The van der Waals surface area contributed by atoms with Crippen molar-refractivity contribution >= 4 is 11.6 Å².